The molecule has 2 aromatic heterocycles. The van der Waals surface area contributed by atoms with E-state index in [9.17, 15) is 9.59 Å². The molecule has 1 N–H and O–H groups in total. The van der Waals surface area contributed by atoms with Gasteiger partial charge in [0, 0.05) is 50.9 Å². The fourth-order valence-electron chi connectivity index (χ4n) is 3.23. The van der Waals surface area contributed by atoms with Crippen LogP contribution < -0.4 is 5.32 Å². The second-order valence-corrected chi connectivity index (χ2v) is 6.93. The number of anilines is 1. The zero-order valence-electron chi connectivity index (χ0n) is 16.1. The van der Waals surface area contributed by atoms with Gasteiger partial charge in [-0.05, 0) is 26.8 Å². The van der Waals surface area contributed by atoms with Gasteiger partial charge in [0.1, 0.15) is 5.76 Å². The van der Waals surface area contributed by atoms with E-state index in [1.54, 1.807) is 13.0 Å². The normalized spacial score (nSPS) is 15.1. The number of rotatable bonds is 6. The molecule has 0 bridgehead atoms. The van der Waals surface area contributed by atoms with E-state index in [1.165, 1.54) is 0 Å². The van der Waals surface area contributed by atoms with Gasteiger partial charge in [-0.1, -0.05) is 5.16 Å². The molecule has 9 heteroatoms. The number of carbonyl (C=O) groups excluding carboxylic acids is 2. The third kappa shape index (κ3) is 5.16. The molecule has 27 heavy (non-hydrogen) atoms. The molecule has 2 aromatic rings. The number of hydrogen-bond donors (Lipinski definition) is 1. The molecular weight excluding hydrogens is 348 g/mol. The Morgan fingerprint density at radius 1 is 1.15 bits per heavy atom. The first-order chi connectivity index (χ1) is 12.9. The van der Waals surface area contributed by atoms with Gasteiger partial charge in [0.15, 0.2) is 5.82 Å². The molecule has 0 saturated carbocycles. The Labute approximate surface area is 158 Å². The van der Waals surface area contributed by atoms with E-state index in [0.717, 1.165) is 11.4 Å². The van der Waals surface area contributed by atoms with Crippen molar-refractivity contribution in [1.29, 1.82) is 0 Å². The van der Waals surface area contributed by atoms with Crippen LogP contribution in [0.1, 0.15) is 23.6 Å². The monoisotopic (exact) mass is 374 g/mol. The van der Waals surface area contributed by atoms with Crippen LogP contribution >= 0.6 is 0 Å². The van der Waals surface area contributed by atoms with Gasteiger partial charge in [0.05, 0.1) is 12.2 Å². The lowest BCUT2D eigenvalue weighted by atomic mass is 10.2. The number of carbonyl (C=O) groups is 2. The fourth-order valence-corrected chi connectivity index (χ4v) is 3.23. The van der Waals surface area contributed by atoms with Crippen molar-refractivity contribution >= 4 is 17.6 Å². The standard InChI is InChI=1S/C18H26N6O3/c1-13-10-14(2)24(20-13)5-4-18(26)23-8-6-22(7-9-23)12-17(25)19-16-11-15(3)27-21-16/h10-11H,4-9,12H2,1-3H3,(H,19,21,25). The summed E-state index contributed by atoms with van der Waals surface area (Å²) in [4.78, 5) is 28.4. The first-order valence-electron chi connectivity index (χ1n) is 9.15. The summed E-state index contributed by atoms with van der Waals surface area (Å²) in [7, 11) is 0. The zero-order chi connectivity index (χ0) is 19.4. The summed E-state index contributed by atoms with van der Waals surface area (Å²) in [5.41, 5.74) is 2.03. The largest absolute Gasteiger partial charge is 0.360 e. The first-order valence-corrected chi connectivity index (χ1v) is 9.15. The lowest BCUT2D eigenvalue weighted by molar-refractivity contribution is -0.133. The van der Waals surface area contributed by atoms with Crippen molar-refractivity contribution in [3.63, 3.8) is 0 Å². The topological polar surface area (TPSA) is 96.5 Å². The highest BCUT2D eigenvalue weighted by Gasteiger charge is 2.22. The molecule has 3 heterocycles. The summed E-state index contributed by atoms with van der Waals surface area (Å²) in [6, 6.07) is 3.69. The smallest absolute Gasteiger partial charge is 0.239 e. The average Bonchev–Trinajstić information content (AvgIpc) is 3.17. The molecule has 3 rings (SSSR count). The second kappa shape index (κ2) is 8.34. The molecular formula is C18H26N6O3. The van der Waals surface area contributed by atoms with Crippen LogP contribution in [0.15, 0.2) is 16.7 Å². The van der Waals surface area contributed by atoms with Crippen molar-refractivity contribution in [2.24, 2.45) is 0 Å². The van der Waals surface area contributed by atoms with Crippen molar-refractivity contribution in [2.45, 2.75) is 33.7 Å². The van der Waals surface area contributed by atoms with Crippen LogP contribution in [0.2, 0.25) is 0 Å². The van der Waals surface area contributed by atoms with E-state index in [1.807, 2.05) is 34.4 Å². The van der Waals surface area contributed by atoms with Crippen molar-refractivity contribution in [3.8, 4) is 0 Å². The van der Waals surface area contributed by atoms with Gasteiger partial charge >= 0.3 is 0 Å². The number of nitrogens with one attached hydrogen (secondary N) is 1. The molecule has 0 aromatic carbocycles. The lowest BCUT2D eigenvalue weighted by Gasteiger charge is -2.34. The predicted molar refractivity (Wildman–Crippen MR) is 99.2 cm³/mol. The van der Waals surface area contributed by atoms with E-state index >= 15 is 0 Å². The number of aromatic nitrogens is 3. The van der Waals surface area contributed by atoms with E-state index in [-0.39, 0.29) is 18.4 Å². The van der Waals surface area contributed by atoms with E-state index in [2.05, 4.69) is 15.6 Å². The first kappa shape index (κ1) is 19.1. The minimum Gasteiger partial charge on any atom is -0.360 e. The maximum absolute atomic E-state index is 12.4. The summed E-state index contributed by atoms with van der Waals surface area (Å²) in [6.45, 7) is 9.21. The Bertz CT molecular complexity index is 804. The maximum atomic E-state index is 12.4. The number of hydrogen-bond acceptors (Lipinski definition) is 6. The highest BCUT2D eigenvalue weighted by Crippen LogP contribution is 2.09. The summed E-state index contributed by atoms with van der Waals surface area (Å²) < 4.78 is 6.81. The van der Waals surface area contributed by atoms with Crippen molar-refractivity contribution < 1.29 is 14.1 Å². The summed E-state index contributed by atoms with van der Waals surface area (Å²) in [6.07, 6.45) is 0.438. The second-order valence-electron chi connectivity index (χ2n) is 6.93. The maximum Gasteiger partial charge on any atom is 0.239 e. The predicted octanol–water partition coefficient (Wildman–Crippen LogP) is 0.969. The molecule has 0 spiro atoms. The number of piperazine rings is 1. The summed E-state index contributed by atoms with van der Waals surface area (Å²) in [5.74, 6) is 1.07. The molecule has 1 fully saturated rings. The molecule has 2 amide bonds. The minimum atomic E-state index is -0.132. The molecule has 0 atom stereocenters. The van der Waals surface area contributed by atoms with E-state index in [0.29, 0.717) is 50.7 Å². The van der Waals surface area contributed by atoms with Crippen molar-refractivity contribution in [1.82, 2.24) is 24.7 Å². The van der Waals surface area contributed by atoms with Crippen LogP contribution in [0.4, 0.5) is 5.82 Å². The third-order valence-corrected chi connectivity index (χ3v) is 4.63. The molecule has 146 valence electrons. The van der Waals surface area contributed by atoms with Crippen LogP contribution in [-0.4, -0.2) is 69.3 Å². The van der Waals surface area contributed by atoms with Crippen molar-refractivity contribution in [2.75, 3.05) is 38.0 Å². The minimum absolute atomic E-state index is 0.129. The molecule has 1 aliphatic heterocycles. The zero-order valence-corrected chi connectivity index (χ0v) is 16.1. The molecule has 0 unspecified atom stereocenters. The van der Waals surface area contributed by atoms with E-state index < -0.39 is 0 Å². The van der Waals surface area contributed by atoms with Gasteiger partial charge in [-0.25, -0.2) is 0 Å². The van der Waals surface area contributed by atoms with Gasteiger partial charge in [-0.3, -0.25) is 19.2 Å². The molecule has 0 radical (unpaired) electrons. The summed E-state index contributed by atoms with van der Waals surface area (Å²) in [5, 5.41) is 10.9. The van der Waals surface area contributed by atoms with Crippen LogP contribution in [0.25, 0.3) is 0 Å². The average molecular weight is 374 g/mol. The highest BCUT2D eigenvalue weighted by molar-refractivity contribution is 5.91. The van der Waals surface area contributed by atoms with Crippen molar-refractivity contribution in [3.05, 3.63) is 29.3 Å². The van der Waals surface area contributed by atoms with Gasteiger partial charge in [0.2, 0.25) is 11.8 Å². The molecule has 1 saturated heterocycles. The number of aryl methyl sites for hydroxylation is 4. The summed E-state index contributed by atoms with van der Waals surface area (Å²) >= 11 is 0. The fraction of sp³-hybridized carbons (Fsp3) is 0.556. The Morgan fingerprint density at radius 2 is 1.89 bits per heavy atom. The SMILES string of the molecule is Cc1cc(C)n(CCC(=O)N2CCN(CC(=O)Nc3cc(C)on3)CC2)n1. The van der Waals surface area contributed by atoms with Gasteiger partial charge < -0.3 is 14.7 Å². The molecule has 1 aliphatic rings. The molecule has 9 nitrogen and oxygen atoms in total. The highest BCUT2D eigenvalue weighted by atomic mass is 16.5. The quantitative estimate of drug-likeness (QED) is 0.809. The van der Waals surface area contributed by atoms with Gasteiger partial charge in [-0.2, -0.15) is 5.10 Å². The van der Waals surface area contributed by atoms with E-state index in [4.69, 9.17) is 4.52 Å². The molecule has 0 aliphatic carbocycles. The lowest BCUT2D eigenvalue weighted by Crippen LogP contribution is -2.50. The van der Waals surface area contributed by atoms with Crippen LogP contribution in [-0.2, 0) is 16.1 Å². The Kier molecular flexibility index (Phi) is 5.90. The van der Waals surface area contributed by atoms with Crippen LogP contribution in [0.5, 0.6) is 0 Å². The van der Waals surface area contributed by atoms with Crippen LogP contribution in [0, 0.1) is 20.8 Å². The van der Waals surface area contributed by atoms with Crippen LogP contribution in [0.3, 0.4) is 0 Å². The third-order valence-electron chi connectivity index (χ3n) is 4.63. The Hall–Kier alpha value is -2.68. The number of nitrogens with zero attached hydrogens (tertiary/aromatic N) is 5. The van der Waals surface area contributed by atoms with Gasteiger partial charge in [-0.15, -0.1) is 0 Å². The number of amides is 2. The van der Waals surface area contributed by atoms with Gasteiger partial charge in [0.25, 0.3) is 0 Å². The Morgan fingerprint density at radius 3 is 2.48 bits per heavy atom. The Balaban J connectivity index is 1.39.